The number of carboxylic acids is 1. The number of hydrogen-bond donors (Lipinski definition) is 2. The molecule has 2 fully saturated rings. The maximum Gasteiger partial charge on any atom is 0.317 e. The predicted molar refractivity (Wildman–Crippen MR) is 71.6 cm³/mol. The van der Waals surface area contributed by atoms with Crippen molar-refractivity contribution in [2.45, 2.75) is 64.6 Å². The van der Waals surface area contributed by atoms with E-state index in [-0.39, 0.29) is 6.54 Å². The number of carbonyl (C=O) groups is 1. The summed E-state index contributed by atoms with van der Waals surface area (Å²) in [6, 6.07) is 1.77. The van der Waals surface area contributed by atoms with Gasteiger partial charge >= 0.3 is 5.97 Å². The van der Waals surface area contributed by atoms with E-state index in [1.54, 1.807) is 0 Å². The molecule has 0 bridgehead atoms. The summed E-state index contributed by atoms with van der Waals surface area (Å²) in [5.41, 5.74) is 0.527. The molecule has 0 heterocycles. The van der Waals surface area contributed by atoms with E-state index in [2.05, 4.69) is 24.1 Å². The van der Waals surface area contributed by atoms with Crippen molar-refractivity contribution >= 4 is 5.97 Å². The zero-order chi connectivity index (χ0) is 13.3. The van der Waals surface area contributed by atoms with Gasteiger partial charge in [-0.25, -0.2) is 0 Å². The van der Waals surface area contributed by atoms with Crippen LogP contribution in [0, 0.1) is 5.41 Å². The van der Waals surface area contributed by atoms with Crippen molar-refractivity contribution in [3.8, 4) is 0 Å². The second-order valence-electron chi connectivity index (χ2n) is 6.72. The SMILES string of the molecule is CCN(CC(=O)O)C1CC(NC2CC(C)(C)C2)C1. The fourth-order valence-corrected chi connectivity index (χ4v) is 3.42. The van der Waals surface area contributed by atoms with Gasteiger partial charge in [-0.15, -0.1) is 0 Å². The first-order valence-corrected chi connectivity index (χ1v) is 7.11. The van der Waals surface area contributed by atoms with Gasteiger partial charge in [-0.1, -0.05) is 20.8 Å². The summed E-state index contributed by atoms with van der Waals surface area (Å²) in [5, 5.41) is 12.5. The van der Waals surface area contributed by atoms with Crippen LogP contribution in [0.15, 0.2) is 0 Å². The fourth-order valence-electron chi connectivity index (χ4n) is 3.42. The third kappa shape index (κ3) is 3.23. The lowest BCUT2D eigenvalue weighted by atomic mass is 9.67. The van der Waals surface area contributed by atoms with Crippen LogP contribution in [0.3, 0.4) is 0 Å². The Kier molecular flexibility index (Phi) is 3.97. The highest BCUT2D eigenvalue weighted by molar-refractivity contribution is 5.69. The Balaban J connectivity index is 1.65. The van der Waals surface area contributed by atoms with E-state index in [9.17, 15) is 4.79 Å². The first-order chi connectivity index (χ1) is 8.39. The molecule has 0 unspecified atom stereocenters. The van der Waals surface area contributed by atoms with Crippen molar-refractivity contribution in [1.29, 1.82) is 0 Å². The molecule has 0 amide bonds. The molecule has 4 heteroatoms. The second-order valence-corrected chi connectivity index (χ2v) is 6.72. The van der Waals surface area contributed by atoms with Crippen LogP contribution in [-0.2, 0) is 4.79 Å². The molecular weight excluding hydrogens is 228 g/mol. The minimum Gasteiger partial charge on any atom is -0.480 e. The Morgan fingerprint density at radius 2 is 1.94 bits per heavy atom. The van der Waals surface area contributed by atoms with Crippen molar-refractivity contribution < 1.29 is 9.90 Å². The van der Waals surface area contributed by atoms with Crippen molar-refractivity contribution in [3.63, 3.8) is 0 Å². The highest BCUT2D eigenvalue weighted by atomic mass is 16.4. The number of rotatable bonds is 6. The molecule has 0 atom stereocenters. The van der Waals surface area contributed by atoms with Crippen molar-refractivity contribution in [2.75, 3.05) is 13.1 Å². The molecule has 0 aromatic carbocycles. The zero-order valence-corrected chi connectivity index (χ0v) is 11.8. The van der Waals surface area contributed by atoms with Gasteiger partial charge in [0, 0.05) is 18.1 Å². The van der Waals surface area contributed by atoms with Gasteiger partial charge < -0.3 is 10.4 Å². The number of nitrogens with one attached hydrogen (secondary N) is 1. The standard InChI is InChI=1S/C14H26N2O2/c1-4-16(9-13(17)18)12-5-10(6-12)15-11-7-14(2,3)8-11/h10-12,15H,4-9H2,1-3H3,(H,17,18). The molecule has 0 saturated heterocycles. The number of hydrogen-bond acceptors (Lipinski definition) is 3. The summed E-state index contributed by atoms with van der Waals surface area (Å²) in [7, 11) is 0. The van der Waals surface area contributed by atoms with E-state index in [0.29, 0.717) is 23.5 Å². The van der Waals surface area contributed by atoms with Gasteiger partial charge in [0.15, 0.2) is 0 Å². The van der Waals surface area contributed by atoms with E-state index in [1.165, 1.54) is 12.8 Å². The first kappa shape index (κ1) is 13.8. The smallest absolute Gasteiger partial charge is 0.317 e. The third-order valence-corrected chi connectivity index (χ3v) is 4.44. The van der Waals surface area contributed by atoms with E-state index in [4.69, 9.17) is 5.11 Å². The Bertz CT molecular complexity index is 303. The highest BCUT2D eigenvalue weighted by Gasteiger charge is 2.40. The van der Waals surface area contributed by atoms with Crippen molar-refractivity contribution in [1.82, 2.24) is 10.2 Å². The minimum atomic E-state index is -0.714. The minimum absolute atomic E-state index is 0.185. The average molecular weight is 254 g/mol. The topological polar surface area (TPSA) is 52.6 Å². The van der Waals surface area contributed by atoms with Crippen molar-refractivity contribution in [2.24, 2.45) is 5.41 Å². The molecule has 0 aromatic rings. The monoisotopic (exact) mass is 254 g/mol. The van der Waals surface area contributed by atoms with Crippen LogP contribution in [0.5, 0.6) is 0 Å². The van der Waals surface area contributed by atoms with E-state index < -0.39 is 5.97 Å². The van der Waals surface area contributed by atoms with Crippen LogP contribution in [-0.4, -0.2) is 47.2 Å². The fraction of sp³-hybridized carbons (Fsp3) is 0.929. The predicted octanol–water partition coefficient (Wildman–Crippen LogP) is 1.70. The van der Waals surface area contributed by atoms with Gasteiger partial charge in [0.2, 0.25) is 0 Å². The summed E-state index contributed by atoms with van der Waals surface area (Å²) in [6.07, 6.45) is 4.78. The second kappa shape index (κ2) is 5.17. The Morgan fingerprint density at radius 3 is 2.39 bits per heavy atom. The summed E-state index contributed by atoms with van der Waals surface area (Å²) in [4.78, 5) is 12.8. The van der Waals surface area contributed by atoms with Gasteiger partial charge in [0.25, 0.3) is 0 Å². The summed E-state index contributed by atoms with van der Waals surface area (Å²) < 4.78 is 0. The molecule has 2 aliphatic rings. The highest BCUT2D eigenvalue weighted by Crippen LogP contribution is 2.41. The molecule has 2 aliphatic carbocycles. The molecule has 0 aliphatic heterocycles. The van der Waals surface area contributed by atoms with Crippen LogP contribution in [0.4, 0.5) is 0 Å². The average Bonchev–Trinajstić information content (AvgIpc) is 2.16. The Hall–Kier alpha value is -0.610. The van der Waals surface area contributed by atoms with Crippen LogP contribution < -0.4 is 5.32 Å². The largest absolute Gasteiger partial charge is 0.480 e. The van der Waals surface area contributed by atoms with E-state index in [1.807, 2.05) is 6.92 Å². The molecule has 104 valence electrons. The Labute approximate surface area is 110 Å². The van der Waals surface area contributed by atoms with E-state index in [0.717, 1.165) is 19.4 Å². The molecule has 0 aromatic heterocycles. The van der Waals surface area contributed by atoms with Gasteiger partial charge in [-0.3, -0.25) is 9.69 Å². The summed E-state index contributed by atoms with van der Waals surface area (Å²) in [6.45, 7) is 7.70. The van der Waals surface area contributed by atoms with Gasteiger partial charge in [-0.05, 0) is 37.6 Å². The maximum atomic E-state index is 10.7. The normalized spacial score (nSPS) is 30.9. The molecule has 2 N–H and O–H groups in total. The lowest BCUT2D eigenvalue weighted by Crippen LogP contribution is -2.58. The van der Waals surface area contributed by atoms with Crippen LogP contribution in [0.2, 0.25) is 0 Å². The quantitative estimate of drug-likeness (QED) is 0.757. The lowest BCUT2D eigenvalue weighted by molar-refractivity contribution is -0.139. The van der Waals surface area contributed by atoms with Gasteiger partial charge in [0.1, 0.15) is 0 Å². The summed E-state index contributed by atoms with van der Waals surface area (Å²) in [5.74, 6) is -0.714. The number of carboxylic acid groups (broad SMARTS) is 1. The van der Waals surface area contributed by atoms with Crippen LogP contribution in [0.1, 0.15) is 46.5 Å². The molecule has 18 heavy (non-hydrogen) atoms. The first-order valence-electron chi connectivity index (χ1n) is 7.11. The zero-order valence-electron chi connectivity index (χ0n) is 11.8. The maximum absolute atomic E-state index is 10.7. The molecule has 4 nitrogen and oxygen atoms in total. The van der Waals surface area contributed by atoms with Crippen LogP contribution in [0.25, 0.3) is 0 Å². The van der Waals surface area contributed by atoms with Crippen molar-refractivity contribution in [3.05, 3.63) is 0 Å². The van der Waals surface area contributed by atoms with Crippen LogP contribution >= 0.6 is 0 Å². The molecule has 2 saturated carbocycles. The molecule has 0 spiro atoms. The van der Waals surface area contributed by atoms with E-state index >= 15 is 0 Å². The van der Waals surface area contributed by atoms with Gasteiger partial charge in [0.05, 0.1) is 6.54 Å². The third-order valence-electron chi connectivity index (χ3n) is 4.44. The Morgan fingerprint density at radius 1 is 1.33 bits per heavy atom. The summed E-state index contributed by atoms with van der Waals surface area (Å²) >= 11 is 0. The number of likely N-dealkylation sites (N-methyl/N-ethyl adjacent to an activating group) is 1. The van der Waals surface area contributed by atoms with Gasteiger partial charge in [-0.2, -0.15) is 0 Å². The lowest BCUT2D eigenvalue weighted by Gasteiger charge is -2.49. The molecular formula is C14H26N2O2. The molecule has 0 radical (unpaired) electrons. The number of nitrogens with zero attached hydrogens (tertiary/aromatic N) is 1. The molecule has 2 rings (SSSR count). The number of aliphatic carboxylic acids is 1.